The van der Waals surface area contributed by atoms with E-state index >= 15 is 0 Å². The van der Waals surface area contributed by atoms with Crippen LogP contribution in [-0.2, 0) is 22.4 Å². The van der Waals surface area contributed by atoms with E-state index in [2.05, 4.69) is 5.16 Å². The molecule has 0 aliphatic carbocycles. The van der Waals surface area contributed by atoms with Crippen LogP contribution in [0.15, 0.2) is 53.7 Å². The number of oxime groups is 1. The number of alkyl halides is 3. The molecule has 0 spiro atoms. The summed E-state index contributed by atoms with van der Waals surface area (Å²) in [6.07, 6.45) is -3.90. The quantitative estimate of drug-likeness (QED) is 0.500. The van der Waals surface area contributed by atoms with E-state index in [1.165, 1.54) is 12.1 Å². The van der Waals surface area contributed by atoms with Gasteiger partial charge in [-0.25, -0.2) is 0 Å². The van der Waals surface area contributed by atoms with Crippen molar-refractivity contribution in [3.05, 3.63) is 70.2 Å². The van der Waals surface area contributed by atoms with Crippen molar-refractivity contribution in [1.82, 2.24) is 4.90 Å². The molecule has 1 aliphatic heterocycles. The van der Waals surface area contributed by atoms with Crippen LogP contribution >= 0.6 is 11.6 Å². The molecule has 0 radical (unpaired) electrons. The zero-order valence-electron chi connectivity index (χ0n) is 18.2. The summed E-state index contributed by atoms with van der Waals surface area (Å²) >= 11 is 5.94. The molecule has 8 heteroatoms. The lowest BCUT2D eigenvalue weighted by Crippen LogP contribution is -2.38. The predicted octanol–water partition coefficient (Wildman–Crippen LogP) is 6.32. The van der Waals surface area contributed by atoms with E-state index in [0.717, 1.165) is 23.4 Å². The zero-order chi connectivity index (χ0) is 23.5. The van der Waals surface area contributed by atoms with Crippen LogP contribution in [0.2, 0.25) is 5.02 Å². The summed E-state index contributed by atoms with van der Waals surface area (Å²) in [5, 5.41) is 4.79. The maximum Gasteiger partial charge on any atom is 0.416 e. The minimum absolute atomic E-state index is 0.0825. The van der Waals surface area contributed by atoms with Gasteiger partial charge in [-0.3, -0.25) is 4.79 Å². The van der Waals surface area contributed by atoms with Crippen LogP contribution in [0.25, 0.3) is 0 Å². The van der Waals surface area contributed by atoms with Crippen molar-refractivity contribution in [3.63, 3.8) is 0 Å². The lowest BCUT2D eigenvalue weighted by Gasteiger charge is -2.28. The van der Waals surface area contributed by atoms with Crippen molar-refractivity contribution in [3.8, 4) is 0 Å². The van der Waals surface area contributed by atoms with Crippen LogP contribution in [0.4, 0.5) is 13.2 Å². The summed E-state index contributed by atoms with van der Waals surface area (Å²) in [7, 11) is 0. The lowest BCUT2D eigenvalue weighted by molar-refractivity contribution is -0.138. The number of amides is 1. The van der Waals surface area contributed by atoms with Crippen LogP contribution in [0, 0.1) is 5.41 Å². The average molecular weight is 467 g/mol. The maximum atomic E-state index is 13.0. The Hall–Kier alpha value is -2.54. The Morgan fingerprint density at radius 3 is 2.28 bits per heavy atom. The van der Waals surface area contributed by atoms with Gasteiger partial charge in [-0.05, 0) is 40.8 Å². The molecule has 1 heterocycles. The molecule has 0 saturated carbocycles. The van der Waals surface area contributed by atoms with E-state index in [4.69, 9.17) is 16.4 Å². The molecule has 0 bridgehead atoms. The standard InChI is InChI=1S/C24H26ClF3N2O2/c1-23(2,3)13-22(31)30(14-16-4-8-18(9-5-16)24(26,27)28)15-20-12-21(29-32-20)17-6-10-19(25)11-7-17/h4-11,20H,12-15H2,1-3H3. The van der Waals surface area contributed by atoms with Gasteiger partial charge < -0.3 is 9.74 Å². The first kappa shape index (κ1) is 24.1. The molecule has 3 rings (SSSR count). The number of benzene rings is 2. The Morgan fingerprint density at radius 1 is 1.09 bits per heavy atom. The van der Waals surface area contributed by atoms with Crippen LogP contribution < -0.4 is 0 Å². The van der Waals surface area contributed by atoms with Gasteiger partial charge in [0.15, 0.2) is 6.10 Å². The van der Waals surface area contributed by atoms with Crippen molar-refractivity contribution in [1.29, 1.82) is 0 Å². The second-order valence-corrected chi connectivity index (χ2v) is 9.62. The second kappa shape index (κ2) is 9.53. The van der Waals surface area contributed by atoms with Gasteiger partial charge in [0, 0.05) is 24.4 Å². The number of halogens is 4. The molecule has 2 aromatic carbocycles. The molecule has 32 heavy (non-hydrogen) atoms. The van der Waals surface area contributed by atoms with Gasteiger partial charge in [-0.15, -0.1) is 0 Å². The summed E-state index contributed by atoms with van der Waals surface area (Å²) in [6, 6.07) is 12.2. The van der Waals surface area contributed by atoms with E-state index < -0.39 is 11.7 Å². The first-order valence-electron chi connectivity index (χ1n) is 10.3. The molecule has 4 nitrogen and oxygen atoms in total. The normalized spacial score (nSPS) is 16.5. The number of nitrogens with zero attached hydrogens (tertiary/aromatic N) is 2. The molecule has 0 aromatic heterocycles. The largest absolute Gasteiger partial charge is 0.416 e. The first-order chi connectivity index (χ1) is 14.9. The van der Waals surface area contributed by atoms with Gasteiger partial charge in [-0.1, -0.05) is 61.8 Å². The molecular formula is C24H26ClF3N2O2. The molecule has 1 aliphatic rings. The van der Waals surface area contributed by atoms with Crippen molar-refractivity contribution in [2.45, 2.75) is 52.4 Å². The Balaban J connectivity index is 1.71. The monoisotopic (exact) mass is 466 g/mol. The third-order valence-corrected chi connectivity index (χ3v) is 5.28. The Kier molecular flexibility index (Phi) is 7.18. The summed E-state index contributed by atoms with van der Waals surface area (Å²) in [4.78, 5) is 20.2. The first-order valence-corrected chi connectivity index (χ1v) is 10.7. The third kappa shape index (κ3) is 6.73. The van der Waals surface area contributed by atoms with E-state index in [-0.39, 0.29) is 30.5 Å². The minimum atomic E-state index is -4.40. The molecule has 2 aromatic rings. The molecule has 172 valence electrons. The van der Waals surface area contributed by atoms with Gasteiger partial charge >= 0.3 is 6.18 Å². The minimum Gasteiger partial charge on any atom is -0.390 e. The number of carbonyl (C=O) groups excluding carboxylic acids is 1. The van der Waals surface area contributed by atoms with Crippen LogP contribution in [0.3, 0.4) is 0 Å². The highest BCUT2D eigenvalue weighted by atomic mass is 35.5. The van der Waals surface area contributed by atoms with Crippen LogP contribution in [0.1, 0.15) is 50.3 Å². The fourth-order valence-corrected chi connectivity index (χ4v) is 3.55. The topological polar surface area (TPSA) is 41.9 Å². The fraction of sp³-hybridized carbons (Fsp3) is 0.417. The SMILES string of the molecule is CC(C)(C)CC(=O)N(Cc1ccc(C(F)(F)F)cc1)CC1CC(c2ccc(Cl)cc2)=NO1. The second-order valence-electron chi connectivity index (χ2n) is 9.18. The number of carbonyl (C=O) groups is 1. The molecule has 1 amide bonds. The summed E-state index contributed by atoms with van der Waals surface area (Å²) in [5.74, 6) is -0.0825. The van der Waals surface area contributed by atoms with E-state index in [1.807, 2.05) is 32.9 Å². The summed E-state index contributed by atoms with van der Waals surface area (Å²) in [6.45, 7) is 6.39. The Bertz CT molecular complexity index is 965. The van der Waals surface area contributed by atoms with E-state index in [9.17, 15) is 18.0 Å². The molecule has 1 atom stereocenters. The average Bonchev–Trinajstić information content (AvgIpc) is 3.15. The number of hydrogen-bond acceptors (Lipinski definition) is 3. The van der Waals surface area contributed by atoms with Gasteiger partial charge in [0.1, 0.15) is 0 Å². The highest BCUT2D eigenvalue weighted by Crippen LogP contribution is 2.30. The molecule has 0 saturated heterocycles. The third-order valence-electron chi connectivity index (χ3n) is 5.02. The van der Waals surface area contributed by atoms with Gasteiger partial charge in [0.25, 0.3) is 0 Å². The van der Waals surface area contributed by atoms with Crippen molar-refractivity contribution >= 4 is 23.2 Å². The Morgan fingerprint density at radius 2 is 1.72 bits per heavy atom. The summed E-state index contributed by atoms with van der Waals surface area (Å²) in [5.41, 5.74) is 1.35. The smallest absolute Gasteiger partial charge is 0.390 e. The van der Waals surface area contributed by atoms with E-state index in [0.29, 0.717) is 23.4 Å². The summed E-state index contributed by atoms with van der Waals surface area (Å²) < 4.78 is 38.6. The molecule has 1 unspecified atom stereocenters. The van der Waals surface area contributed by atoms with E-state index in [1.54, 1.807) is 17.0 Å². The number of hydrogen-bond donors (Lipinski definition) is 0. The molecule has 0 fully saturated rings. The highest BCUT2D eigenvalue weighted by molar-refractivity contribution is 6.30. The van der Waals surface area contributed by atoms with Gasteiger partial charge in [0.05, 0.1) is 17.8 Å². The van der Waals surface area contributed by atoms with Crippen molar-refractivity contribution < 1.29 is 22.8 Å². The molecular weight excluding hydrogens is 441 g/mol. The predicted molar refractivity (Wildman–Crippen MR) is 118 cm³/mol. The lowest BCUT2D eigenvalue weighted by atomic mass is 9.91. The maximum absolute atomic E-state index is 13.0. The highest BCUT2D eigenvalue weighted by Gasteiger charge is 2.31. The van der Waals surface area contributed by atoms with Crippen LogP contribution in [0.5, 0.6) is 0 Å². The number of rotatable bonds is 6. The fourth-order valence-electron chi connectivity index (χ4n) is 3.42. The zero-order valence-corrected chi connectivity index (χ0v) is 19.0. The molecule has 0 N–H and O–H groups in total. The van der Waals surface area contributed by atoms with Crippen molar-refractivity contribution in [2.75, 3.05) is 6.54 Å². The van der Waals surface area contributed by atoms with Gasteiger partial charge in [0.2, 0.25) is 5.91 Å². The van der Waals surface area contributed by atoms with Gasteiger partial charge in [-0.2, -0.15) is 13.2 Å². The Labute approximate surface area is 191 Å². The van der Waals surface area contributed by atoms with Crippen LogP contribution in [-0.4, -0.2) is 29.2 Å². The van der Waals surface area contributed by atoms with Crippen molar-refractivity contribution in [2.24, 2.45) is 10.6 Å².